The summed E-state index contributed by atoms with van der Waals surface area (Å²) in [6.07, 6.45) is -3.43. The minimum atomic E-state index is -4.51. The number of fused-ring (bicyclic) bond motifs is 1. The van der Waals surface area contributed by atoms with Gasteiger partial charge < -0.3 is 5.73 Å². The summed E-state index contributed by atoms with van der Waals surface area (Å²) in [5, 5.41) is -0.227. The van der Waals surface area contributed by atoms with Crippen molar-refractivity contribution in [3.63, 3.8) is 0 Å². The summed E-state index contributed by atoms with van der Waals surface area (Å²) >= 11 is 0. The molecule has 1 heterocycles. The van der Waals surface area contributed by atoms with Crippen LogP contribution >= 0.6 is 0 Å². The van der Waals surface area contributed by atoms with Crippen LogP contribution in [0.2, 0.25) is 0 Å². The van der Waals surface area contributed by atoms with Gasteiger partial charge in [-0.2, -0.15) is 13.2 Å². The molecule has 1 aromatic carbocycles. The molecule has 16 heavy (non-hydrogen) atoms. The van der Waals surface area contributed by atoms with Crippen molar-refractivity contribution < 1.29 is 17.6 Å². The molecule has 0 aliphatic heterocycles. The number of benzene rings is 1. The average molecular weight is 230 g/mol. The lowest BCUT2D eigenvalue weighted by molar-refractivity contribution is -0.137. The fourth-order valence-corrected chi connectivity index (χ4v) is 1.35. The van der Waals surface area contributed by atoms with Crippen LogP contribution in [0.5, 0.6) is 0 Å². The standard InChI is InChI=1S/C10H6F4N2/c11-9-6-3-5(10(12,13)14)1-2-8(6)16-4-7(9)15/h1-4H,15H2. The maximum atomic E-state index is 13.4. The van der Waals surface area contributed by atoms with Gasteiger partial charge in [-0.15, -0.1) is 0 Å². The molecule has 2 N–H and O–H groups in total. The van der Waals surface area contributed by atoms with Gasteiger partial charge in [-0.25, -0.2) is 4.39 Å². The molecule has 0 radical (unpaired) electrons. The van der Waals surface area contributed by atoms with E-state index in [4.69, 9.17) is 5.73 Å². The minimum Gasteiger partial charge on any atom is -0.395 e. The van der Waals surface area contributed by atoms with E-state index in [-0.39, 0.29) is 16.6 Å². The van der Waals surface area contributed by atoms with E-state index < -0.39 is 17.6 Å². The first-order chi connectivity index (χ1) is 7.39. The predicted molar refractivity (Wildman–Crippen MR) is 51.1 cm³/mol. The molecule has 6 heteroatoms. The molecule has 84 valence electrons. The van der Waals surface area contributed by atoms with E-state index in [0.29, 0.717) is 6.07 Å². The lowest BCUT2D eigenvalue weighted by atomic mass is 10.1. The summed E-state index contributed by atoms with van der Waals surface area (Å²) in [4.78, 5) is 3.73. The van der Waals surface area contributed by atoms with Gasteiger partial charge in [0.25, 0.3) is 0 Å². The predicted octanol–water partition coefficient (Wildman–Crippen LogP) is 2.97. The first-order valence-corrected chi connectivity index (χ1v) is 4.30. The normalized spacial score (nSPS) is 12.0. The summed E-state index contributed by atoms with van der Waals surface area (Å²) in [6.45, 7) is 0. The van der Waals surface area contributed by atoms with Gasteiger partial charge in [-0.3, -0.25) is 4.98 Å². The Hall–Kier alpha value is -1.85. The third-order valence-electron chi connectivity index (χ3n) is 2.16. The summed E-state index contributed by atoms with van der Waals surface area (Å²) in [5.41, 5.74) is 4.17. The summed E-state index contributed by atoms with van der Waals surface area (Å²) in [6, 6.07) is 2.67. The van der Waals surface area contributed by atoms with Crippen molar-refractivity contribution in [2.24, 2.45) is 0 Å². The van der Waals surface area contributed by atoms with Gasteiger partial charge in [0.05, 0.1) is 23.0 Å². The Labute approximate surface area is 87.7 Å². The molecule has 0 atom stereocenters. The second-order valence-corrected chi connectivity index (χ2v) is 3.26. The third kappa shape index (κ3) is 1.66. The van der Waals surface area contributed by atoms with Crippen LogP contribution in [-0.2, 0) is 6.18 Å². The molecule has 0 fully saturated rings. The summed E-state index contributed by atoms with van der Waals surface area (Å²) < 4.78 is 50.6. The van der Waals surface area contributed by atoms with Gasteiger partial charge >= 0.3 is 6.18 Å². The molecule has 0 bridgehead atoms. The molecule has 0 saturated carbocycles. The van der Waals surface area contributed by atoms with Gasteiger partial charge in [0.15, 0.2) is 5.82 Å². The summed E-state index contributed by atoms with van der Waals surface area (Å²) in [7, 11) is 0. The number of hydrogen-bond donors (Lipinski definition) is 1. The van der Waals surface area contributed by atoms with Gasteiger partial charge in [0.2, 0.25) is 0 Å². The topological polar surface area (TPSA) is 38.9 Å². The van der Waals surface area contributed by atoms with Gasteiger partial charge in [-0.1, -0.05) is 0 Å². The zero-order valence-electron chi connectivity index (χ0n) is 7.85. The Balaban J connectivity index is 2.74. The highest BCUT2D eigenvalue weighted by atomic mass is 19.4. The van der Waals surface area contributed by atoms with Gasteiger partial charge in [-0.05, 0) is 18.2 Å². The van der Waals surface area contributed by atoms with Crippen LogP contribution in [0.25, 0.3) is 10.9 Å². The van der Waals surface area contributed by atoms with Crippen molar-refractivity contribution in [3.8, 4) is 0 Å². The molecule has 0 saturated heterocycles. The van der Waals surface area contributed by atoms with E-state index >= 15 is 0 Å². The van der Waals surface area contributed by atoms with Crippen LogP contribution in [-0.4, -0.2) is 4.98 Å². The van der Waals surface area contributed by atoms with Crippen LogP contribution in [0.15, 0.2) is 24.4 Å². The Morgan fingerprint density at radius 1 is 1.19 bits per heavy atom. The van der Waals surface area contributed by atoms with Crippen LogP contribution in [0.1, 0.15) is 5.56 Å². The Bertz CT molecular complexity index is 548. The molecule has 2 aromatic rings. The molecule has 0 spiro atoms. The highest BCUT2D eigenvalue weighted by Gasteiger charge is 2.30. The van der Waals surface area contributed by atoms with Crippen molar-refractivity contribution >= 4 is 16.6 Å². The van der Waals surface area contributed by atoms with E-state index in [2.05, 4.69) is 4.98 Å². The number of anilines is 1. The van der Waals surface area contributed by atoms with Crippen LogP contribution in [0, 0.1) is 5.82 Å². The van der Waals surface area contributed by atoms with E-state index in [9.17, 15) is 17.6 Å². The second-order valence-electron chi connectivity index (χ2n) is 3.26. The van der Waals surface area contributed by atoms with E-state index in [1.165, 1.54) is 0 Å². The van der Waals surface area contributed by atoms with Crippen LogP contribution in [0.3, 0.4) is 0 Å². The molecule has 0 aliphatic rings. The van der Waals surface area contributed by atoms with Crippen molar-refractivity contribution in [2.45, 2.75) is 6.18 Å². The SMILES string of the molecule is Nc1cnc2ccc(C(F)(F)F)cc2c1F. The fraction of sp³-hybridized carbons (Fsp3) is 0.100. The number of pyridine rings is 1. The zero-order chi connectivity index (χ0) is 11.9. The number of halogens is 4. The lowest BCUT2D eigenvalue weighted by Gasteiger charge is -2.08. The average Bonchev–Trinajstić information content (AvgIpc) is 2.22. The second kappa shape index (κ2) is 3.33. The molecule has 2 rings (SSSR count). The van der Waals surface area contributed by atoms with E-state index in [1.807, 2.05) is 0 Å². The molecule has 1 aromatic heterocycles. The van der Waals surface area contributed by atoms with Crippen LogP contribution in [0.4, 0.5) is 23.2 Å². The fourth-order valence-electron chi connectivity index (χ4n) is 1.35. The quantitative estimate of drug-likeness (QED) is 0.706. The molecular weight excluding hydrogens is 224 g/mol. The van der Waals surface area contributed by atoms with Gasteiger partial charge in [0, 0.05) is 5.39 Å². The largest absolute Gasteiger partial charge is 0.416 e. The number of alkyl halides is 3. The first-order valence-electron chi connectivity index (χ1n) is 4.30. The molecule has 0 aliphatic carbocycles. The van der Waals surface area contributed by atoms with Gasteiger partial charge in [0.1, 0.15) is 0 Å². The smallest absolute Gasteiger partial charge is 0.395 e. The van der Waals surface area contributed by atoms with Crippen LogP contribution < -0.4 is 5.73 Å². The number of hydrogen-bond acceptors (Lipinski definition) is 2. The number of nitrogen functional groups attached to an aromatic ring is 1. The summed E-state index contributed by atoms with van der Waals surface area (Å²) in [5.74, 6) is -0.879. The highest BCUT2D eigenvalue weighted by Crippen LogP contribution is 2.32. The number of nitrogens with zero attached hydrogens (tertiary/aromatic N) is 1. The Kier molecular flexibility index (Phi) is 2.22. The third-order valence-corrected chi connectivity index (χ3v) is 2.16. The van der Waals surface area contributed by atoms with Crippen molar-refractivity contribution in [2.75, 3.05) is 5.73 Å². The Morgan fingerprint density at radius 2 is 1.88 bits per heavy atom. The molecule has 0 unspecified atom stereocenters. The van der Waals surface area contributed by atoms with Crippen molar-refractivity contribution in [1.29, 1.82) is 0 Å². The zero-order valence-corrected chi connectivity index (χ0v) is 7.85. The number of nitrogens with two attached hydrogens (primary N) is 1. The Morgan fingerprint density at radius 3 is 2.50 bits per heavy atom. The lowest BCUT2D eigenvalue weighted by Crippen LogP contribution is -2.05. The highest BCUT2D eigenvalue weighted by molar-refractivity contribution is 5.82. The van der Waals surface area contributed by atoms with E-state index in [1.54, 1.807) is 0 Å². The minimum absolute atomic E-state index is 0.139. The molecule has 0 amide bonds. The molecular formula is C10H6F4N2. The maximum Gasteiger partial charge on any atom is 0.416 e. The number of aromatic nitrogens is 1. The van der Waals surface area contributed by atoms with Crippen molar-refractivity contribution in [1.82, 2.24) is 4.98 Å². The van der Waals surface area contributed by atoms with E-state index in [0.717, 1.165) is 18.3 Å². The maximum absolute atomic E-state index is 13.4. The molecule has 2 nitrogen and oxygen atoms in total. The van der Waals surface area contributed by atoms with Crippen molar-refractivity contribution in [3.05, 3.63) is 35.8 Å². The first kappa shape index (κ1) is 10.7. The number of rotatable bonds is 0. The monoisotopic (exact) mass is 230 g/mol.